The second-order valence-corrected chi connectivity index (χ2v) is 15.4. The van der Waals surface area contributed by atoms with Crippen LogP contribution in [-0.2, 0) is 48.2 Å². The van der Waals surface area contributed by atoms with Gasteiger partial charge in [0.1, 0.15) is 6.54 Å². The number of rotatable bonds is 26. The number of Topliss-reactive ketones (excluding diaryl/α,β-unsaturated/α-hetero) is 2. The van der Waals surface area contributed by atoms with Crippen LogP contribution in [0.1, 0.15) is 81.4 Å². The van der Waals surface area contributed by atoms with E-state index in [1.54, 1.807) is 29.4 Å². The maximum atomic E-state index is 14.3. The highest BCUT2D eigenvalue weighted by Crippen LogP contribution is 2.20. The average Bonchev–Trinajstić information content (AvgIpc) is 3.87. The Kier molecular flexibility index (Phi) is 17.1. The minimum Gasteiger partial charge on any atom is -0.370 e. The molecule has 0 aliphatic heterocycles. The standard InChI is InChI=1S/C46H58N8O6/c1-2-3-12-36(55)30-52(24-21-34-27-50-41-16-7-4-13-38(34)41)44(58)20-19-37(56)31-53(25-22-35-28-51-42-17-8-5-14-39(35)42)45(59)32-54(29-33-11-10-23-49-26-33)46(60)40(47)15-6-9-18-43(48)57/h4-5,7-8,10-11,13-14,16-17,23,26-28,40,50-51H,2-3,6,9,12,15,18-22,24-25,29-32,47H2,1H3,(H2,48,57). The van der Waals surface area contributed by atoms with E-state index in [0.29, 0.717) is 50.6 Å². The molecule has 0 spiro atoms. The third-order valence-corrected chi connectivity index (χ3v) is 10.8. The smallest absolute Gasteiger partial charge is 0.242 e. The molecule has 318 valence electrons. The number of carbonyl (C=O) groups is 6. The first-order valence-corrected chi connectivity index (χ1v) is 20.9. The summed E-state index contributed by atoms with van der Waals surface area (Å²) in [7, 11) is 0. The average molecular weight is 819 g/mol. The Labute approximate surface area is 351 Å². The molecular formula is C46H58N8O6. The van der Waals surface area contributed by atoms with E-state index in [2.05, 4.69) is 15.0 Å². The highest BCUT2D eigenvalue weighted by molar-refractivity contribution is 5.93. The number of nitrogens with one attached hydrogen (secondary N) is 2. The lowest BCUT2D eigenvalue weighted by Gasteiger charge is -2.29. The van der Waals surface area contributed by atoms with E-state index in [4.69, 9.17) is 11.5 Å². The lowest BCUT2D eigenvalue weighted by atomic mass is 10.1. The Morgan fingerprint density at radius 1 is 0.667 bits per heavy atom. The van der Waals surface area contributed by atoms with Crippen molar-refractivity contribution < 1.29 is 28.8 Å². The molecule has 60 heavy (non-hydrogen) atoms. The molecule has 2 aromatic carbocycles. The number of fused-ring (bicyclic) bond motifs is 2. The molecule has 0 bridgehead atoms. The number of aromatic amines is 2. The highest BCUT2D eigenvalue weighted by Gasteiger charge is 2.27. The zero-order valence-electron chi connectivity index (χ0n) is 34.6. The van der Waals surface area contributed by atoms with Crippen LogP contribution in [0.2, 0.25) is 0 Å². The molecule has 4 amide bonds. The van der Waals surface area contributed by atoms with Crippen LogP contribution in [0.15, 0.2) is 85.5 Å². The van der Waals surface area contributed by atoms with Crippen molar-refractivity contribution in [2.45, 2.75) is 90.1 Å². The molecule has 1 atom stereocenters. The highest BCUT2D eigenvalue weighted by atomic mass is 16.2. The molecule has 0 radical (unpaired) electrons. The van der Waals surface area contributed by atoms with Gasteiger partial charge in [-0.1, -0.05) is 62.2 Å². The largest absolute Gasteiger partial charge is 0.370 e. The molecule has 14 nitrogen and oxygen atoms in total. The number of carbonyl (C=O) groups excluding carboxylic acids is 6. The fraction of sp³-hybridized carbons (Fsp3) is 0.413. The van der Waals surface area contributed by atoms with Crippen molar-refractivity contribution in [2.75, 3.05) is 32.7 Å². The van der Waals surface area contributed by atoms with Crippen LogP contribution >= 0.6 is 0 Å². The van der Waals surface area contributed by atoms with Crippen LogP contribution in [-0.4, -0.2) is 104 Å². The van der Waals surface area contributed by atoms with Crippen molar-refractivity contribution >= 4 is 57.0 Å². The van der Waals surface area contributed by atoms with Crippen molar-refractivity contribution in [3.8, 4) is 0 Å². The van der Waals surface area contributed by atoms with Crippen LogP contribution in [0.4, 0.5) is 0 Å². The minimum absolute atomic E-state index is 0.0275. The van der Waals surface area contributed by atoms with Gasteiger partial charge in [0.15, 0.2) is 11.6 Å². The molecule has 14 heteroatoms. The van der Waals surface area contributed by atoms with Gasteiger partial charge < -0.3 is 36.1 Å². The summed E-state index contributed by atoms with van der Waals surface area (Å²) in [6.07, 6.45) is 11.2. The van der Waals surface area contributed by atoms with Crippen LogP contribution in [0.25, 0.3) is 21.8 Å². The van der Waals surface area contributed by atoms with E-state index < -0.39 is 23.8 Å². The number of H-pyrrole nitrogens is 2. The van der Waals surface area contributed by atoms with Crippen molar-refractivity contribution in [3.63, 3.8) is 0 Å². The summed E-state index contributed by atoms with van der Waals surface area (Å²) in [5.74, 6) is -1.97. The van der Waals surface area contributed by atoms with Crippen LogP contribution in [0, 0.1) is 0 Å². The number of aromatic nitrogens is 3. The predicted octanol–water partition coefficient (Wildman–Crippen LogP) is 5.00. The van der Waals surface area contributed by atoms with Crippen molar-refractivity contribution in [1.82, 2.24) is 29.7 Å². The second-order valence-electron chi connectivity index (χ2n) is 15.4. The molecule has 5 rings (SSSR count). The maximum Gasteiger partial charge on any atom is 0.242 e. The van der Waals surface area contributed by atoms with Gasteiger partial charge in [0.2, 0.25) is 23.6 Å². The molecule has 0 aliphatic rings. The zero-order chi connectivity index (χ0) is 42.9. The van der Waals surface area contributed by atoms with Crippen LogP contribution in [0.3, 0.4) is 0 Å². The molecule has 3 aromatic heterocycles. The summed E-state index contributed by atoms with van der Waals surface area (Å²) < 4.78 is 0. The summed E-state index contributed by atoms with van der Waals surface area (Å²) >= 11 is 0. The number of primary amides is 1. The molecule has 0 saturated carbocycles. The molecule has 0 fully saturated rings. The fourth-order valence-electron chi connectivity index (χ4n) is 7.34. The van der Waals surface area contributed by atoms with E-state index >= 15 is 0 Å². The number of hydrogen-bond acceptors (Lipinski definition) is 8. The minimum atomic E-state index is -0.928. The normalized spacial score (nSPS) is 11.7. The third kappa shape index (κ3) is 13.4. The number of nitrogens with two attached hydrogens (primary N) is 2. The van der Waals surface area contributed by atoms with Crippen molar-refractivity contribution in [3.05, 3.63) is 102 Å². The monoisotopic (exact) mass is 818 g/mol. The summed E-state index contributed by atoms with van der Waals surface area (Å²) in [6, 6.07) is 18.3. The van der Waals surface area contributed by atoms with Gasteiger partial charge in [0.25, 0.3) is 0 Å². The van der Waals surface area contributed by atoms with Crippen LogP contribution < -0.4 is 11.5 Å². The molecule has 0 aliphatic carbocycles. The number of unbranched alkanes of at least 4 members (excludes halogenated alkanes) is 2. The van der Waals surface area contributed by atoms with Gasteiger partial charge in [0, 0.05) is 91.9 Å². The lowest BCUT2D eigenvalue weighted by molar-refractivity contribution is -0.143. The number of hydrogen-bond donors (Lipinski definition) is 4. The molecule has 5 aromatic rings. The third-order valence-electron chi connectivity index (χ3n) is 10.8. The van der Waals surface area contributed by atoms with Gasteiger partial charge in [-0.25, -0.2) is 0 Å². The number of ketones is 2. The number of para-hydroxylation sites is 2. The topological polar surface area (TPSA) is 209 Å². The SMILES string of the molecule is CCCCC(=O)CN(CCc1c[nH]c2ccccc12)C(=O)CCC(=O)CN(CCc1c[nH]c2ccccc12)C(=O)CN(Cc1cccnc1)C(=O)C(N)CCCCC(N)=O. The number of nitrogens with zero attached hydrogens (tertiary/aromatic N) is 4. The first kappa shape index (κ1) is 44.9. The van der Waals surface area contributed by atoms with Gasteiger partial charge >= 0.3 is 0 Å². The van der Waals surface area contributed by atoms with E-state index in [0.717, 1.165) is 45.8 Å². The predicted molar refractivity (Wildman–Crippen MR) is 231 cm³/mol. The van der Waals surface area contributed by atoms with Crippen molar-refractivity contribution in [1.29, 1.82) is 0 Å². The van der Waals surface area contributed by atoms with Gasteiger partial charge in [-0.2, -0.15) is 0 Å². The van der Waals surface area contributed by atoms with Gasteiger partial charge in [0.05, 0.1) is 19.1 Å². The second kappa shape index (κ2) is 22.9. The van der Waals surface area contributed by atoms with Gasteiger partial charge in [-0.05, 0) is 67.0 Å². The summed E-state index contributed by atoms with van der Waals surface area (Å²) in [5.41, 5.74) is 16.3. The van der Waals surface area contributed by atoms with E-state index in [9.17, 15) is 28.8 Å². The zero-order valence-corrected chi connectivity index (χ0v) is 34.6. The van der Waals surface area contributed by atoms with E-state index in [1.807, 2.05) is 67.8 Å². The Morgan fingerprint density at radius 2 is 1.27 bits per heavy atom. The first-order valence-electron chi connectivity index (χ1n) is 20.9. The summed E-state index contributed by atoms with van der Waals surface area (Å²) in [5, 5.41) is 2.05. The number of benzene rings is 2. The molecule has 1 unspecified atom stereocenters. The Morgan fingerprint density at radius 3 is 1.85 bits per heavy atom. The Balaban J connectivity index is 1.29. The van der Waals surface area contributed by atoms with E-state index in [1.165, 1.54) is 9.80 Å². The van der Waals surface area contributed by atoms with Crippen molar-refractivity contribution in [2.24, 2.45) is 11.5 Å². The number of pyridine rings is 1. The molecule has 0 saturated heterocycles. The Bertz CT molecular complexity index is 2220. The fourth-order valence-corrected chi connectivity index (χ4v) is 7.34. The van der Waals surface area contributed by atoms with Gasteiger partial charge in [-0.3, -0.25) is 33.8 Å². The molecule has 3 heterocycles. The molecule has 6 N–H and O–H groups in total. The van der Waals surface area contributed by atoms with Crippen LogP contribution in [0.5, 0.6) is 0 Å². The lowest BCUT2D eigenvalue weighted by Crippen LogP contribution is -2.49. The number of amides is 4. The first-order chi connectivity index (χ1) is 29.0. The summed E-state index contributed by atoms with van der Waals surface area (Å²) in [4.78, 5) is 94.7. The van der Waals surface area contributed by atoms with Gasteiger partial charge in [-0.15, -0.1) is 0 Å². The van der Waals surface area contributed by atoms with E-state index in [-0.39, 0.29) is 69.5 Å². The Hall–Kier alpha value is -6.15. The molecular weight excluding hydrogens is 761 g/mol. The maximum absolute atomic E-state index is 14.3. The summed E-state index contributed by atoms with van der Waals surface area (Å²) in [6.45, 7) is 1.93. The quantitative estimate of drug-likeness (QED) is 0.0557.